The third-order valence-electron chi connectivity index (χ3n) is 3.89. The Bertz CT molecular complexity index is 593. The van der Waals surface area contributed by atoms with Crippen LogP contribution in [0.15, 0.2) is 22.7 Å². The number of urea groups is 1. The number of amides is 2. The Morgan fingerprint density at radius 3 is 2.70 bits per heavy atom. The zero-order valence-electron chi connectivity index (χ0n) is 12.7. The minimum Gasteiger partial charge on any atom is -0.480 e. The summed E-state index contributed by atoms with van der Waals surface area (Å²) in [6, 6.07) is 3.86. The maximum Gasteiger partial charge on any atom is 0.319 e. The van der Waals surface area contributed by atoms with E-state index in [4.69, 9.17) is 5.11 Å². The summed E-state index contributed by atoms with van der Waals surface area (Å²) in [6.07, 6.45) is 1.44. The van der Waals surface area contributed by atoms with Crippen LogP contribution >= 0.6 is 15.9 Å². The van der Waals surface area contributed by atoms with Gasteiger partial charge >= 0.3 is 12.0 Å². The van der Waals surface area contributed by atoms with Gasteiger partial charge in [0.25, 0.3) is 0 Å². The number of halogens is 2. The molecule has 0 saturated heterocycles. The minimum absolute atomic E-state index is 0.0158. The number of carboxylic acid groups (broad SMARTS) is 1. The maximum atomic E-state index is 13.0. The van der Waals surface area contributed by atoms with E-state index in [0.29, 0.717) is 16.7 Å². The molecule has 0 aliphatic heterocycles. The van der Waals surface area contributed by atoms with Crippen LogP contribution in [-0.2, 0) is 4.79 Å². The number of nitrogens with one attached hydrogen (secondary N) is 2. The van der Waals surface area contributed by atoms with Crippen molar-refractivity contribution in [3.63, 3.8) is 0 Å². The standard InChI is InChI=1S/C15H19BrFN3O3/c1-2-20(8-14(21)22)11-6-10(7-11)18-15(23)19-13-4-3-9(17)5-12(13)16/h3-5,10-11H,2,6-8H2,1H3,(H,21,22)(H2,18,19,23). The topological polar surface area (TPSA) is 81.7 Å². The number of benzene rings is 1. The van der Waals surface area contributed by atoms with Crippen molar-refractivity contribution in [1.29, 1.82) is 0 Å². The number of nitrogens with zero attached hydrogens (tertiary/aromatic N) is 1. The Morgan fingerprint density at radius 1 is 1.43 bits per heavy atom. The van der Waals surface area contributed by atoms with Crippen LogP contribution in [0.25, 0.3) is 0 Å². The highest BCUT2D eigenvalue weighted by molar-refractivity contribution is 9.10. The first kappa shape index (κ1) is 17.7. The molecule has 1 aromatic rings. The molecule has 1 aliphatic carbocycles. The number of carbonyl (C=O) groups excluding carboxylic acids is 1. The van der Waals surface area contributed by atoms with E-state index >= 15 is 0 Å². The summed E-state index contributed by atoms with van der Waals surface area (Å²) in [5, 5.41) is 14.3. The van der Waals surface area contributed by atoms with Crippen molar-refractivity contribution < 1.29 is 19.1 Å². The molecule has 0 unspecified atom stereocenters. The van der Waals surface area contributed by atoms with E-state index in [2.05, 4.69) is 26.6 Å². The van der Waals surface area contributed by atoms with Gasteiger partial charge in [-0.1, -0.05) is 6.92 Å². The molecule has 6 nitrogen and oxygen atoms in total. The van der Waals surface area contributed by atoms with Crippen LogP contribution in [0, 0.1) is 5.82 Å². The Labute approximate surface area is 142 Å². The smallest absolute Gasteiger partial charge is 0.319 e. The predicted molar refractivity (Wildman–Crippen MR) is 87.9 cm³/mol. The zero-order chi connectivity index (χ0) is 17.0. The molecular formula is C15H19BrFN3O3. The zero-order valence-corrected chi connectivity index (χ0v) is 14.3. The van der Waals surface area contributed by atoms with Crippen LogP contribution in [0.1, 0.15) is 19.8 Å². The highest BCUT2D eigenvalue weighted by atomic mass is 79.9. The fourth-order valence-electron chi connectivity index (χ4n) is 2.61. The highest BCUT2D eigenvalue weighted by Crippen LogP contribution is 2.26. The number of carboxylic acids is 1. The van der Waals surface area contributed by atoms with Crippen LogP contribution in [0.2, 0.25) is 0 Å². The number of hydrogen-bond acceptors (Lipinski definition) is 3. The molecule has 0 aromatic heterocycles. The third kappa shape index (κ3) is 4.90. The second-order valence-corrected chi connectivity index (χ2v) is 6.36. The summed E-state index contributed by atoms with van der Waals surface area (Å²) < 4.78 is 13.5. The normalized spacial score (nSPS) is 20.0. The molecule has 0 spiro atoms. The largest absolute Gasteiger partial charge is 0.480 e. The van der Waals surface area contributed by atoms with Gasteiger partial charge in [-0.25, -0.2) is 9.18 Å². The molecule has 0 heterocycles. The average molecular weight is 388 g/mol. The van der Waals surface area contributed by atoms with Crippen LogP contribution in [0.3, 0.4) is 0 Å². The van der Waals surface area contributed by atoms with E-state index < -0.39 is 5.97 Å². The molecule has 0 atom stereocenters. The Hall–Kier alpha value is -1.67. The van der Waals surface area contributed by atoms with Crippen LogP contribution < -0.4 is 10.6 Å². The van der Waals surface area contributed by atoms with Gasteiger partial charge in [0.15, 0.2) is 0 Å². The molecule has 126 valence electrons. The van der Waals surface area contributed by atoms with Crippen LogP contribution in [-0.4, -0.2) is 47.2 Å². The minimum atomic E-state index is -0.845. The van der Waals surface area contributed by atoms with E-state index in [-0.39, 0.29) is 30.5 Å². The predicted octanol–water partition coefficient (Wildman–Crippen LogP) is 2.65. The first-order valence-electron chi connectivity index (χ1n) is 7.37. The molecule has 2 rings (SSSR count). The highest BCUT2D eigenvalue weighted by Gasteiger charge is 2.34. The monoisotopic (exact) mass is 387 g/mol. The Balaban J connectivity index is 1.78. The number of aliphatic carboxylic acids is 1. The number of rotatable bonds is 6. The molecule has 23 heavy (non-hydrogen) atoms. The van der Waals surface area contributed by atoms with Crippen molar-refractivity contribution in [1.82, 2.24) is 10.2 Å². The maximum absolute atomic E-state index is 13.0. The lowest BCUT2D eigenvalue weighted by Gasteiger charge is -2.42. The van der Waals surface area contributed by atoms with E-state index in [9.17, 15) is 14.0 Å². The van der Waals surface area contributed by atoms with Crippen molar-refractivity contribution in [2.45, 2.75) is 31.8 Å². The van der Waals surface area contributed by atoms with Gasteiger partial charge in [0.05, 0.1) is 12.2 Å². The van der Waals surface area contributed by atoms with Crippen molar-refractivity contribution in [2.75, 3.05) is 18.4 Å². The molecule has 8 heteroatoms. The SMILES string of the molecule is CCN(CC(=O)O)C1CC(NC(=O)Nc2ccc(F)cc2Br)C1. The molecule has 1 aromatic carbocycles. The fraction of sp³-hybridized carbons (Fsp3) is 0.467. The molecule has 2 amide bonds. The van der Waals surface area contributed by atoms with Gasteiger partial charge in [-0.3, -0.25) is 9.69 Å². The Kier molecular flexibility index (Phi) is 5.95. The first-order chi connectivity index (χ1) is 10.9. The molecule has 1 aliphatic rings. The van der Waals surface area contributed by atoms with Gasteiger partial charge in [-0.15, -0.1) is 0 Å². The van der Waals surface area contributed by atoms with Crippen molar-refractivity contribution in [2.24, 2.45) is 0 Å². The van der Waals surface area contributed by atoms with Gasteiger partial charge in [-0.2, -0.15) is 0 Å². The summed E-state index contributed by atoms with van der Waals surface area (Å²) in [7, 11) is 0. The van der Waals surface area contributed by atoms with Gasteiger partial charge in [0.2, 0.25) is 0 Å². The Morgan fingerprint density at radius 2 is 2.13 bits per heavy atom. The van der Waals surface area contributed by atoms with E-state index in [0.717, 1.165) is 12.8 Å². The molecule has 3 N–H and O–H groups in total. The average Bonchev–Trinajstić information content (AvgIpc) is 2.43. The molecule has 1 fully saturated rings. The molecule has 0 bridgehead atoms. The van der Waals surface area contributed by atoms with Gasteiger partial charge in [0, 0.05) is 16.6 Å². The number of hydrogen-bond donors (Lipinski definition) is 3. The fourth-order valence-corrected chi connectivity index (χ4v) is 3.06. The summed E-state index contributed by atoms with van der Waals surface area (Å²) in [5.41, 5.74) is 0.487. The van der Waals surface area contributed by atoms with Crippen LogP contribution in [0.4, 0.5) is 14.9 Å². The van der Waals surface area contributed by atoms with Crippen molar-refractivity contribution in [3.05, 3.63) is 28.5 Å². The lowest BCUT2D eigenvalue weighted by Crippen LogP contribution is -2.55. The lowest BCUT2D eigenvalue weighted by atomic mass is 9.85. The van der Waals surface area contributed by atoms with Gasteiger partial charge < -0.3 is 15.7 Å². The van der Waals surface area contributed by atoms with Crippen molar-refractivity contribution >= 4 is 33.6 Å². The molecule has 0 radical (unpaired) electrons. The summed E-state index contributed by atoms with van der Waals surface area (Å²) in [6.45, 7) is 2.60. The van der Waals surface area contributed by atoms with Gasteiger partial charge in [-0.05, 0) is 53.5 Å². The number of likely N-dealkylation sites (N-methyl/N-ethyl adjacent to an activating group) is 1. The summed E-state index contributed by atoms with van der Waals surface area (Å²) in [5.74, 6) is -1.23. The lowest BCUT2D eigenvalue weighted by molar-refractivity contribution is -0.139. The molecule has 1 saturated carbocycles. The summed E-state index contributed by atoms with van der Waals surface area (Å²) >= 11 is 3.19. The van der Waals surface area contributed by atoms with E-state index in [1.54, 1.807) is 0 Å². The second-order valence-electron chi connectivity index (χ2n) is 5.50. The molecular weight excluding hydrogens is 369 g/mol. The first-order valence-corrected chi connectivity index (χ1v) is 8.16. The van der Waals surface area contributed by atoms with Crippen molar-refractivity contribution in [3.8, 4) is 0 Å². The van der Waals surface area contributed by atoms with E-state index in [1.807, 2.05) is 11.8 Å². The number of anilines is 1. The summed E-state index contributed by atoms with van der Waals surface area (Å²) in [4.78, 5) is 24.6. The second kappa shape index (κ2) is 7.74. The van der Waals surface area contributed by atoms with E-state index in [1.165, 1.54) is 18.2 Å². The van der Waals surface area contributed by atoms with Crippen LogP contribution in [0.5, 0.6) is 0 Å². The number of carbonyl (C=O) groups is 2. The third-order valence-corrected chi connectivity index (χ3v) is 4.54. The van der Waals surface area contributed by atoms with Gasteiger partial charge in [0.1, 0.15) is 5.82 Å². The quantitative estimate of drug-likeness (QED) is 0.700.